The van der Waals surface area contributed by atoms with Crippen molar-refractivity contribution >= 4 is 27.5 Å². The molecule has 41 heavy (non-hydrogen) atoms. The molecule has 5 rings (SSSR count). The molecule has 2 aliphatic heterocycles. The molecule has 1 N–H and O–H groups in total. The van der Waals surface area contributed by atoms with Gasteiger partial charge in [-0.1, -0.05) is 42.5 Å². The molecule has 9 nitrogen and oxygen atoms in total. The highest BCUT2D eigenvalue weighted by atomic mass is 32.2. The monoisotopic (exact) mass is 581 g/mol. The number of para-hydroxylation sites is 2. The van der Waals surface area contributed by atoms with Gasteiger partial charge in [0, 0.05) is 25.6 Å². The van der Waals surface area contributed by atoms with Gasteiger partial charge < -0.3 is 19.7 Å². The first-order valence-electron chi connectivity index (χ1n) is 13.5. The molecule has 1 saturated heterocycles. The summed E-state index contributed by atoms with van der Waals surface area (Å²) in [5.41, 5.74) is 1.68. The van der Waals surface area contributed by atoms with Gasteiger partial charge in [-0.05, 0) is 55.2 Å². The molecule has 0 aromatic heterocycles. The number of hydrogen-bond acceptors (Lipinski definition) is 6. The van der Waals surface area contributed by atoms with Gasteiger partial charge in [-0.15, -0.1) is 0 Å². The Bertz CT molecular complexity index is 1510. The highest BCUT2D eigenvalue weighted by Crippen LogP contribution is 2.36. The number of halogens is 1. The maximum atomic E-state index is 13.9. The van der Waals surface area contributed by atoms with Crippen LogP contribution in [0.1, 0.15) is 18.4 Å². The number of carbonyl (C=O) groups excluding carboxylic acids is 2. The number of amides is 2. The zero-order valence-electron chi connectivity index (χ0n) is 22.7. The molecule has 0 saturated carbocycles. The second-order valence-corrected chi connectivity index (χ2v) is 11.9. The largest absolute Gasteiger partial charge is 0.495 e. The Balaban J connectivity index is 1.25. The SMILES string of the molecule is COc1ccc(F)cc1S(=O)(=O)N1CCC(C(=O)N2CC(C(=O)NCCc3ccccc3)Oc3ccccc32)CC1. The van der Waals surface area contributed by atoms with Crippen molar-refractivity contribution < 1.29 is 31.9 Å². The second-order valence-electron chi connectivity index (χ2n) is 10.0. The predicted octanol–water partition coefficient (Wildman–Crippen LogP) is 3.39. The van der Waals surface area contributed by atoms with Gasteiger partial charge in [0.2, 0.25) is 15.9 Å². The summed E-state index contributed by atoms with van der Waals surface area (Å²) < 4.78 is 52.8. The normalized spacial score (nSPS) is 17.8. The van der Waals surface area contributed by atoms with E-state index in [0.29, 0.717) is 24.4 Å². The highest BCUT2D eigenvalue weighted by Gasteiger charge is 2.39. The van der Waals surface area contributed by atoms with Crippen molar-refractivity contribution in [1.82, 2.24) is 9.62 Å². The number of nitrogens with one attached hydrogen (secondary N) is 1. The molecule has 0 radical (unpaired) electrons. The third kappa shape index (κ3) is 6.20. The molecule has 2 amide bonds. The molecular weight excluding hydrogens is 549 g/mol. The molecule has 0 bridgehead atoms. The molecule has 2 aliphatic rings. The third-order valence-corrected chi connectivity index (χ3v) is 9.35. The van der Waals surface area contributed by atoms with E-state index in [0.717, 1.165) is 17.7 Å². The summed E-state index contributed by atoms with van der Waals surface area (Å²) in [4.78, 5) is 28.1. The average Bonchev–Trinajstić information content (AvgIpc) is 3.00. The minimum Gasteiger partial charge on any atom is -0.495 e. The van der Waals surface area contributed by atoms with Gasteiger partial charge in [-0.25, -0.2) is 12.8 Å². The maximum absolute atomic E-state index is 13.9. The van der Waals surface area contributed by atoms with Gasteiger partial charge in [0.05, 0.1) is 19.3 Å². The van der Waals surface area contributed by atoms with E-state index in [2.05, 4.69) is 5.32 Å². The molecular formula is C30H32FN3O6S. The van der Waals surface area contributed by atoms with Gasteiger partial charge in [0.15, 0.2) is 6.10 Å². The summed E-state index contributed by atoms with van der Waals surface area (Å²) in [5, 5.41) is 2.91. The fourth-order valence-electron chi connectivity index (χ4n) is 5.22. The molecule has 0 spiro atoms. The summed E-state index contributed by atoms with van der Waals surface area (Å²) in [6.07, 6.45) is 0.346. The fourth-order valence-corrected chi connectivity index (χ4v) is 6.86. The van der Waals surface area contributed by atoms with Crippen molar-refractivity contribution in [2.24, 2.45) is 5.92 Å². The number of rotatable bonds is 8. The standard InChI is InChI=1S/C30H32FN3O6S/c1-39-26-12-11-23(31)19-28(26)41(37,38)33-17-14-22(15-18-33)30(36)34-20-27(40-25-10-6-5-9-24(25)34)29(35)32-16-13-21-7-3-2-4-8-21/h2-12,19,22,27H,13-18,20H2,1H3,(H,32,35). The molecule has 216 valence electrons. The van der Waals surface area contributed by atoms with Crippen molar-refractivity contribution in [2.45, 2.75) is 30.3 Å². The Morgan fingerprint density at radius 2 is 1.73 bits per heavy atom. The van der Waals surface area contributed by atoms with E-state index in [1.807, 2.05) is 30.3 Å². The van der Waals surface area contributed by atoms with Gasteiger partial charge in [-0.2, -0.15) is 4.31 Å². The molecule has 2 heterocycles. The zero-order valence-corrected chi connectivity index (χ0v) is 23.5. The zero-order chi connectivity index (χ0) is 29.0. The Labute approximate surface area is 238 Å². The summed E-state index contributed by atoms with van der Waals surface area (Å²) in [7, 11) is -2.70. The molecule has 3 aromatic carbocycles. The molecule has 1 fully saturated rings. The van der Waals surface area contributed by atoms with Crippen LogP contribution < -0.4 is 19.7 Å². The van der Waals surface area contributed by atoms with E-state index in [4.69, 9.17) is 9.47 Å². The number of ether oxygens (including phenoxy) is 2. The van der Waals surface area contributed by atoms with E-state index >= 15 is 0 Å². The Morgan fingerprint density at radius 1 is 1.02 bits per heavy atom. The van der Waals surface area contributed by atoms with Crippen molar-refractivity contribution in [2.75, 3.05) is 38.2 Å². The first-order valence-corrected chi connectivity index (χ1v) is 14.9. The van der Waals surface area contributed by atoms with E-state index in [-0.39, 0.29) is 54.9 Å². The Kier molecular flexibility index (Phi) is 8.55. The third-order valence-electron chi connectivity index (χ3n) is 7.43. The topological polar surface area (TPSA) is 105 Å². The number of sulfonamides is 1. The number of anilines is 1. The first kappa shape index (κ1) is 28.6. The van der Waals surface area contributed by atoms with E-state index in [1.54, 1.807) is 29.2 Å². The first-order chi connectivity index (χ1) is 19.8. The summed E-state index contributed by atoms with van der Waals surface area (Å²) in [5.74, 6) is -1.14. The number of fused-ring (bicyclic) bond motifs is 1. The lowest BCUT2D eigenvalue weighted by atomic mass is 9.95. The predicted molar refractivity (Wildman–Crippen MR) is 151 cm³/mol. The summed E-state index contributed by atoms with van der Waals surface area (Å²) >= 11 is 0. The highest BCUT2D eigenvalue weighted by molar-refractivity contribution is 7.89. The molecule has 11 heteroatoms. The van der Waals surface area contributed by atoms with Crippen LogP contribution in [-0.2, 0) is 26.0 Å². The van der Waals surface area contributed by atoms with E-state index in [1.165, 1.54) is 17.5 Å². The van der Waals surface area contributed by atoms with Crippen molar-refractivity contribution in [3.63, 3.8) is 0 Å². The van der Waals surface area contributed by atoms with Gasteiger partial charge >= 0.3 is 0 Å². The van der Waals surface area contributed by atoms with Gasteiger partial charge in [0.25, 0.3) is 5.91 Å². The Morgan fingerprint density at radius 3 is 2.46 bits per heavy atom. The second kappa shape index (κ2) is 12.3. The number of nitrogens with zero attached hydrogens (tertiary/aromatic N) is 2. The minimum absolute atomic E-state index is 0.0476. The average molecular weight is 582 g/mol. The van der Waals surface area contributed by atoms with Crippen LogP contribution >= 0.6 is 0 Å². The number of methoxy groups -OCH3 is 1. The lowest BCUT2D eigenvalue weighted by molar-refractivity contribution is -0.129. The number of carbonyl (C=O) groups is 2. The summed E-state index contributed by atoms with van der Waals surface area (Å²) in [6, 6.07) is 20.2. The van der Waals surface area contributed by atoms with Crippen LogP contribution in [0, 0.1) is 11.7 Å². The van der Waals surface area contributed by atoms with Crippen molar-refractivity contribution in [3.8, 4) is 11.5 Å². The van der Waals surface area contributed by atoms with Crippen LogP contribution in [0.5, 0.6) is 11.5 Å². The van der Waals surface area contributed by atoms with E-state index < -0.39 is 27.9 Å². The van der Waals surface area contributed by atoms with Crippen LogP contribution in [0.4, 0.5) is 10.1 Å². The molecule has 3 aromatic rings. The van der Waals surface area contributed by atoms with Gasteiger partial charge in [-0.3, -0.25) is 9.59 Å². The maximum Gasteiger partial charge on any atom is 0.262 e. The van der Waals surface area contributed by atoms with E-state index in [9.17, 15) is 22.4 Å². The van der Waals surface area contributed by atoms with Crippen LogP contribution in [-0.4, -0.2) is 63.9 Å². The van der Waals surface area contributed by atoms with Crippen molar-refractivity contribution in [3.05, 3.63) is 84.2 Å². The molecule has 1 unspecified atom stereocenters. The van der Waals surface area contributed by atoms with Crippen LogP contribution in [0.15, 0.2) is 77.7 Å². The van der Waals surface area contributed by atoms with Crippen LogP contribution in [0.25, 0.3) is 0 Å². The van der Waals surface area contributed by atoms with Crippen molar-refractivity contribution in [1.29, 1.82) is 0 Å². The van der Waals surface area contributed by atoms with Gasteiger partial charge in [0.1, 0.15) is 22.2 Å². The number of piperidine rings is 1. The smallest absolute Gasteiger partial charge is 0.262 e. The quantitative estimate of drug-likeness (QED) is 0.437. The fraction of sp³-hybridized carbons (Fsp3) is 0.333. The van der Waals surface area contributed by atoms with Crippen LogP contribution in [0.3, 0.4) is 0 Å². The summed E-state index contributed by atoms with van der Waals surface area (Å²) in [6.45, 7) is 0.662. The lowest BCUT2D eigenvalue weighted by Gasteiger charge is -2.38. The number of benzene rings is 3. The number of hydrogen-bond donors (Lipinski definition) is 1. The molecule has 1 atom stereocenters. The lowest BCUT2D eigenvalue weighted by Crippen LogP contribution is -2.53. The van der Waals surface area contributed by atoms with Crippen LogP contribution in [0.2, 0.25) is 0 Å². The molecule has 0 aliphatic carbocycles. The Hall–Kier alpha value is -3.96. The minimum atomic E-state index is -4.03.